The van der Waals surface area contributed by atoms with Gasteiger partial charge in [-0.15, -0.1) is 0 Å². The van der Waals surface area contributed by atoms with E-state index in [-0.39, 0.29) is 4.90 Å². The molecule has 2 aromatic rings. The Morgan fingerprint density at radius 3 is 2.53 bits per heavy atom. The van der Waals surface area contributed by atoms with Crippen molar-refractivity contribution in [1.29, 1.82) is 0 Å². The smallest absolute Gasteiger partial charge is 0.266 e. The summed E-state index contributed by atoms with van der Waals surface area (Å²) < 4.78 is 28.5. The van der Waals surface area contributed by atoms with Gasteiger partial charge in [0.25, 0.3) is 10.0 Å². The van der Waals surface area contributed by atoms with Gasteiger partial charge < -0.3 is 0 Å². The van der Waals surface area contributed by atoms with E-state index in [4.69, 9.17) is 0 Å². The van der Waals surface area contributed by atoms with Crippen LogP contribution in [0.15, 0.2) is 29.4 Å². The molecule has 7 heteroatoms. The van der Waals surface area contributed by atoms with Crippen molar-refractivity contribution in [3.63, 3.8) is 0 Å². The summed E-state index contributed by atoms with van der Waals surface area (Å²) in [5, 5.41) is 4.03. The molecule has 1 N–H and O–H groups in total. The zero-order chi connectivity index (χ0) is 14.0. The molecule has 0 saturated carbocycles. The van der Waals surface area contributed by atoms with Crippen LogP contribution in [0.5, 0.6) is 0 Å². The van der Waals surface area contributed by atoms with Crippen LogP contribution >= 0.6 is 0 Å². The van der Waals surface area contributed by atoms with Crippen LogP contribution < -0.4 is 4.72 Å². The zero-order valence-corrected chi connectivity index (χ0v) is 11.9. The number of nitrogens with zero attached hydrogens (tertiary/aromatic N) is 3. The molecule has 2 aromatic heterocycles. The van der Waals surface area contributed by atoms with Crippen molar-refractivity contribution >= 4 is 15.8 Å². The summed E-state index contributed by atoms with van der Waals surface area (Å²) in [6.07, 6.45) is 2.97. The minimum absolute atomic E-state index is 0.178. The maximum atomic E-state index is 12.2. The Kier molecular flexibility index (Phi) is 3.57. The Balaban J connectivity index is 2.32. The quantitative estimate of drug-likeness (QED) is 0.925. The fraction of sp³-hybridized carbons (Fsp3) is 0.333. The number of nitrogens with one attached hydrogen (secondary N) is 1. The molecule has 0 aromatic carbocycles. The SMILES string of the molecule is CCn1ncc(S(=O)(=O)Nc2ccc(C)cn2)c1C. The minimum atomic E-state index is -3.64. The molecule has 0 saturated heterocycles. The normalized spacial score (nSPS) is 11.5. The highest BCUT2D eigenvalue weighted by Gasteiger charge is 2.20. The largest absolute Gasteiger partial charge is 0.269 e. The lowest BCUT2D eigenvalue weighted by Gasteiger charge is -2.07. The lowest BCUT2D eigenvalue weighted by atomic mass is 10.3. The van der Waals surface area contributed by atoms with Crippen LogP contribution in [0.1, 0.15) is 18.2 Å². The van der Waals surface area contributed by atoms with Crippen LogP contribution in [0.3, 0.4) is 0 Å². The number of sulfonamides is 1. The van der Waals surface area contributed by atoms with E-state index in [1.165, 1.54) is 6.20 Å². The number of hydrogen-bond donors (Lipinski definition) is 1. The Hall–Kier alpha value is -1.89. The molecule has 0 amide bonds. The van der Waals surface area contributed by atoms with Gasteiger partial charge in [0.15, 0.2) is 0 Å². The van der Waals surface area contributed by atoms with E-state index in [1.807, 2.05) is 13.8 Å². The molecule has 0 aliphatic carbocycles. The molecule has 0 spiro atoms. The monoisotopic (exact) mass is 280 g/mol. The number of rotatable bonds is 4. The molecule has 0 aliphatic rings. The van der Waals surface area contributed by atoms with Gasteiger partial charge in [0.1, 0.15) is 10.7 Å². The van der Waals surface area contributed by atoms with Crippen molar-refractivity contribution in [3.8, 4) is 0 Å². The van der Waals surface area contributed by atoms with Crippen LogP contribution in [-0.2, 0) is 16.6 Å². The van der Waals surface area contributed by atoms with Crippen LogP contribution in [0.2, 0.25) is 0 Å². The van der Waals surface area contributed by atoms with Crippen molar-refractivity contribution < 1.29 is 8.42 Å². The summed E-state index contributed by atoms with van der Waals surface area (Å²) in [5.74, 6) is 0.300. The topological polar surface area (TPSA) is 76.9 Å². The van der Waals surface area contributed by atoms with Gasteiger partial charge in [0.2, 0.25) is 0 Å². The van der Waals surface area contributed by atoms with E-state index >= 15 is 0 Å². The third-order valence-electron chi connectivity index (χ3n) is 2.80. The van der Waals surface area contributed by atoms with E-state index in [0.29, 0.717) is 18.1 Å². The molecular weight excluding hydrogens is 264 g/mol. The highest BCUT2D eigenvalue weighted by molar-refractivity contribution is 7.92. The molecule has 0 aliphatic heterocycles. The highest BCUT2D eigenvalue weighted by atomic mass is 32.2. The second kappa shape index (κ2) is 5.00. The lowest BCUT2D eigenvalue weighted by Crippen LogP contribution is -2.15. The first kappa shape index (κ1) is 13.5. The Labute approximate surface area is 112 Å². The number of anilines is 1. The van der Waals surface area contributed by atoms with Gasteiger partial charge in [-0.3, -0.25) is 9.40 Å². The van der Waals surface area contributed by atoms with Crippen molar-refractivity contribution in [2.45, 2.75) is 32.2 Å². The molecule has 0 atom stereocenters. The maximum absolute atomic E-state index is 12.2. The van der Waals surface area contributed by atoms with Crippen molar-refractivity contribution in [2.75, 3.05) is 4.72 Å². The number of pyridine rings is 1. The molecular formula is C12H16N4O2S. The highest BCUT2D eigenvalue weighted by Crippen LogP contribution is 2.17. The predicted octanol–water partition coefficient (Wildman–Crippen LogP) is 1.72. The molecule has 6 nitrogen and oxygen atoms in total. The molecule has 19 heavy (non-hydrogen) atoms. The van der Waals surface area contributed by atoms with Gasteiger partial charge in [-0.2, -0.15) is 5.10 Å². The predicted molar refractivity (Wildman–Crippen MR) is 72.4 cm³/mol. The summed E-state index contributed by atoms with van der Waals surface area (Å²) in [7, 11) is -3.64. The third-order valence-corrected chi connectivity index (χ3v) is 4.26. The maximum Gasteiger partial charge on any atom is 0.266 e. The summed E-state index contributed by atoms with van der Waals surface area (Å²) in [5.41, 5.74) is 1.58. The second-order valence-electron chi connectivity index (χ2n) is 4.24. The summed E-state index contributed by atoms with van der Waals surface area (Å²) in [6.45, 7) is 6.16. The fourth-order valence-corrected chi connectivity index (χ4v) is 2.92. The first-order valence-corrected chi connectivity index (χ1v) is 7.40. The minimum Gasteiger partial charge on any atom is -0.269 e. The van der Waals surface area contributed by atoms with Crippen molar-refractivity contribution in [2.24, 2.45) is 0 Å². The van der Waals surface area contributed by atoms with Gasteiger partial charge >= 0.3 is 0 Å². The van der Waals surface area contributed by atoms with E-state index in [9.17, 15) is 8.42 Å². The number of aryl methyl sites for hydroxylation is 2. The zero-order valence-electron chi connectivity index (χ0n) is 11.1. The van der Waals surface area contributed by atoms with Gasteiger partial charge in [-0.1, -0.05) is 6.07 Å². The molecule has 0 bridgehead atoms. The number of aromatic nitrogens is 3. The van der Waals surface area contributed by atoms with E-state index < -0.39 is 10.0 Å². The second-order valence-corrected chi connectivity index (χ2v) is 5.89. The van der Waals surface area contributed by atoms with E-state index in [2.05, 4.69) is 14.8 Å². The van der Waals surface area contributed by atoms with E-state index in [1.54, 1.807) is 29.9 Å². The first-order chi connectivity index (χ1) is 8.94. The average molecular weight is 280 g/mol. The Bertz CT molecular complexity index is 674. The van der Waals surface area contributed by atoms with Gasteiger partial charge in [-0.05, 0) is 32.4 Å². The molecule has 2 rings (SSSR count). The van der Waals surface area contributed by atoms with Gasteiger partial charge in [0.05, 0.1) is 11.9 Å². The van der Waals surface area contributed by atoms with Crippen LogP contribution in [0, 0.1) is 13.8 Å². The van der Waals surface area contributed by atoms with Gasteiger partial charge in [-0.25, -0.2) is 13.4 Å². The van der Waals surface area contributed by atoms with Crippen LogP contribution in [0.4, 0.5) is 5.82 Å². The molecule has 0 unspecified atom stereocenters. The van der Waals surface area contributed by atoms with E-state index in [0.717, 1.165) is 5.56 Å². The van der Waals surface area contributed by atoms with Gasteiger partial charge in [0, 0.05) is 12.7 Å². The summed E-state index contributed by atoms with van der Waals surface area (Å²) in [4.78, 5) is 4.21. The molecule has 2 heterocycles. The van der Waals surface area contributed by atoms with Crippen molar-refractivity contribution in [3.05, 3.63) is 35.8 Å². The third kappa shape index (κ3) is 2.76. The summed E-state index contributed by atoms with van der Waals surface area (Å²) in [6, 6.07) is 3.43. The first-order valence-electron chi connectivity index (χ1n) is 5.92. The van der Waals surface area contributed by atoms with Crippen LogP contribution in [0.25, 0.3) is 0 Å². The van der Waals surface area contributed by atoms with Crippen molar-refractivity contribution in [1.82, 2.24) is 14.8 Å². The Morgan fingerprint density at radius 1 is 1.26 bits per heavy atom. The summed E-state index contributed by atoms with van der Waals surface area (Å²) >= 11 is 0. The molecule has 0 radical (unpaired) electrons. The fourth-order valence-electron chi connectivity index (χ4n) is 1.73. The average Bonchev–Trinajstić information content (AvgIpc) is 2.74. The lowest BCUT2D eigenvalue weighted by molar-refractivity contribution is 0.598. The molecule has 102 valence electrons. The molecule has 0 fully saturated rings. The van der Waals surface area contributed by atoms with Crippen LogP contribution in [-0.4, -0.2) is 23.2 Å². The standard InChI is InChI=1S/C12H16N4O2S/c1-4-16-10(3)11(8-14-16)19(17,18)15-12-6-5-9(2)7-13-12/h5-8H,4H2,1-3H3,(H,13,15). The number of hydrogen-bond acceptors (Lipinski definition) is 4. The Morgan fingerprint density at radius 2 is 2.00 bits per heavy atom.